The Balaban J connectivity index is 2.39. The molecule has 0 saturated heterocycles. The number of rotatable bonds is 4. The topological polar surface area (TPSA) is 79.0 Å². The van der Waals surface area contributed by atoms with Gasteiger partial charge in [0, 0.05) is 19.8 Å². The van der Waals surface area contributed by atoms with Crippen LogP contribution in [-0.2, 0) is 16.6 Å². The van der Waals surface area contributed by atoms with Gasteiger partial charge in [0.05, 0.1) is 17.3 Å². The van der Waals surface area contributed by atoms with Gasteiger partial charge < -0.3 is 4.57 Å². The maximum absolute atomic E-state index is 12.6. The minimum atomic E-state index is -3.70. The zero-order valence-electron chi connectivity index (χ0n) is 12.1. The minimum Gasteiger partial charge on any atom is -0.334 e. The lowest BCUT2D eigenvalue weighted by molar-refractivity contribution is 0.591. The normalized spacial score (nSPS) is 11.1. The molecule has 2 rings (SSSR count). The van der Waals surface area contributed by atoms with E-state index in [-0.39, 0.29) is 5.03 Å². The lowest BCUT2D eigenvalue weighted by Gasteiger charge is -2.17. The van der Waals surface area contributed by atoms with Crippen molar-refractivity contribution in [1.29, 1.82) is 5.26 Å². The Labute approximate surface area is 124 Å². The van der Waals surface area contributed by atoms with E-state index in [2.05, 4.69) is 4.98 Å². The molecule has 0 aliphatic rings. The molecule has 0 N–H and O–H groups in total. The van der Waals surface area contributed by atoms with Crippen LogP contribution in [0, 0.1) is 18.3 Å². The Morgan fingerprint density at radius 1 is 1.33 bits per heavy atom. The van der Waals surface area contributed by atoms with E-state index in [4.69, 9.17) is 5.26 Å². The average Bonchev–Trinajstić information content (AvgIpc) is 2.88. The van der Waals surface area contributed by atoms with E-state index in [1.54, 1.807) is 35.8 Å². The van der Waals surface area contributed by atoms with E-state index in [0.717, 1.165) is 4.31 Å². The van der Waals surface area contributed by atoms with Crippen LogP contribution in [0.4, 0.5) is 5.69 Å². The molecule has 0 radical (unpaired) electrons. The maximum atomic E-state index is 12.6. The van der Waals surface area contributed by atoms with Gasteiger partial charge in [-0.05, 0) is 38.1 Å². The molecule has 7 heteroatoms. The predicted molar refractivity (Wildman–Crippen MR) is 79.4 cm³/mol. The number of sulfonamides is 1. The highest BCUT2D eigenvalue weighted by Crippen LogP contribution is 2.22. The molecule has 0 fully saturated rings. The van der Waals surface area contributed by atoms with Crippen molar-refractivity contribution in [1.82, 2.24) is 9.55 Å². The molecule has 1 aromatic carbocycles. The van der Waals surface area contributed by atoms with Crippen LogP contribution < -0.4 is 4.31 Å². The summed E-state index contributed by atoms with van der Waals surface area (Å²) in [5.41, 5.74) is 0.966. The van der Waals surface area contributed by atoms with Crippen LogP contribution in [0.15, 0.2) is 35.5 Å². The number of benzene rings is 1. The van der Waals surface area contributed by atoms with Crippen LogP contribution in [0.2, 0.25) is 0 Å². The SMILES string of the molecule is CCn1cc(S(=O)(=O)N(C)c2ccc(C#N)cc2)nc1C. The van der Waals surface area contributed by atoms with E-state index in [9.17, 15) is 8.42 Å². The third kappa shape index (κ3) is 2.76. The summed E-state index contributed by atoms with van der Waals surface area (Å²) < 4.78 is 28.0. The van der Waals surface area contributed by atoms with Crippen molar-refractivity contribution < 1.29 is 8.42 Å². The van der Waals surface area contributed by atoms with Crippen molar-refractivity contribution >= 4 is 15.7 Å². The van der Waals surface area contributed by atoms with Gasteiger partial charge in [-0.1, -0.05) is 0 Å². The van der Waals surface area contributed by atoms with Gasteiger partial charge >= 0.3 is 0 Å². The van der Waals surface area contributed by atoms with Crippen molar-refractivity contribution in [2.45, 2.75) is 25.4 Å². The first-order valence-electron chi connectivity index (χ1n) is 6.43. The summed E-state index contributed by atoms with van der Waals surface area (Å²) in [4.78, 5) is 4.11. The van der Waals surface area contributed by atoms with Crippen molar-refractivity contribution in [3.05, 3.63) is 41.9 Å². The van der Waals surface area contributed by atoms with Gasteiger partial charge in [0.2, 0.25) is 0 Å². The molecular formula is C14H16N4O2S. The van der Waals surface area contributed by atoms with E-state index in [0.29, 0.717) is 23.6 Å². The van der Waals surface area contributed by atoms with Crippen molar-refractivity contribution in [3.63, 3.8) is 0 Å². The second kappa shape index (κ2) is 5.58. The minimum absolute atomic E-state index is 0.0220. The zero-order valence-corrected chi connectivity index (χ0v) is 12.9. The Morgan fingerprint density at radius 3 is 2.43 bits per heavy atom. The van der Waals surface area contributed by atoms with Crippen molar-refractivity contribution in [2.24, 2.45) is 0 Å². The first-order chi connectivity index (χ1) is 9.90. The largest absolute Gasteiger partial charge is 0.334 e. The van der Waals surface area contributed by atoms with E-state index in [1.165, 1.54) is 13.2 Å². The molecule has 0 saturated carbocycles. The van der Waals surface area contributed by atoms with Crippen LogP contribution in [-0.4, -0.2) is 25.0 Å². The molecule has 0 amide bonds. The van der Waals surface area contributed by atoms with E-state index >= 15 is 0 Å². The van der Waals surface area contributed by atoms with Crippen LogP contribution >= 0.6 is 0 Å². The van der Waals surface area contributed by atoms with Gasteiger partial charge in [0.15, 0.2) is 5.03 Å². The monoisotopic (exact) mass is 304 g/mol. The molecule has 0 spiro atoms. The molecule has 1 heterocycles. The van der Waals surface area contributed by atoms with Gasteiger partial charge in [-0.3, -0.25) is 4.31 Å². The highest BCUT2D eigenvalue weighted by atomic mass is 32.2. The fourth-order valence-corrected chi connectivity index (χ4v) is 3.14. The smallest absolute Gasteiger partial charge is 0.283 e. The zero-order chi connectivity index (χ0) is 15.6. The fourth-order valence-electron chi connectivity index (χ4n) is 1.95. The molecule has 0 atom stereocenters. The highest BCUT2D eigenvalue weighted by molar-refractivity contribution is 7.92. The highest BCUT2D eigenvalue weighted by Gasteiger charge is 2.24. The number of imidazole rings is 1. The number of nitrogens with zero attached hydrogens (tertiary/aromatic N) is 4. The van der Waals surface area contributed by atoms with Crippen molar-refractivity contribution in [3.8, 4) is 6.07 Å². The summed E-state index contributed by atoms with van der Waals surface area (Å²) in [5.74, 6) is 0.657. The van der Waals surface area contributed by atoms with E-state index < -0.39 is 10.0 Å². The van der Waals surface area contributed by atoms with Gasteiger partial charge in [-0.2, -0.15) is 13.7 Å². The number of hydrogen-bond acceptors (Lipinski definition) is 4. The molecule has 0 aliphatic heterocycles. The van der Waals surface area contributed by atoms with Crippen LogP contribution in [0.25, 0.3) is 0 Å². The standard InChI is InChI=1S/C14H16N4O2S/c1-4-18-10-14(16-11(18)2)21(19,20)17(3)13-7-5-12(9-15)6-8-13/h5-8,10H,4H2,1-3H3. The fraction of sp³-hybridized carbons (Fsp3) is 0.286. The Bertz CT molecular complexity index is 785. The van der Waals surface area contributed by atoms with E-state index in [1.807, 2.05) is 13.0 Å². The Kier molecular flexibility index (Phi) is 4.00. The lowest BCUT2D eigenvalue weighted by atomic mass is 10.2. The predicted octanol–water partition coefficient (Wildman–Crippen LogP) is 1.91. The molecule has 21 heavy (non-hydrogen) atoms. The molecule has 110 valence electrons. The first-order valence-corrected chi connectivity index (χ1v) is 7.87. The molecular weight excluding hydrogens is 288 g/mol. The van der Waals surface area contributed by atoms with Gasteiger partial charge in [-0.15, -0.1) is 0 Å². The molecule has 6 nitrogen and oxygen atoms in total. The second-order valence-corrected chi connectivity index (χ2v) is 6.46. The third-order valence-electron chi connectivity index (χ3n) is 3.28. The molecule has 0 unspecified atom stereocenters. The summed E-state index contributed by atoms with van der Waals surface area (Å²) in [6.45, 7) is 4.36. The molecule has 0 aliphatic carbocycles. The van der Waals surface area contributed by atoms with Gasteiger partial charge in [0.1, 0.15) is 5.82 Å². The quantitative estimate of drug-likeness (QED) is 0.864. The molecule has 2 aromatic rings. The van der Waals surface area contributed by atoms with Crippen LogP contribution in [0.5, 0.6) is 0 Å². The lowest BCUT2D eigenvalue weighted by Crippen LogP contribution is -2.26. The first kappa shape index (κ1) is 15.1. The summed E-state index contributed by atoms with van der Waals surface area (Å²) in [6.07, 6.45) is 1.53. The third-order valence-corrected chi connectivity index (χ3v) is 4.94. The number of hydrogen-bond donors (Lipinski definition) is 0. The van der Waals surface area contributed by atoms with Crippen LogP contribution in [0.1, 0.15) is 18.3 Å². The number of aryl methyl sites for hydroxylation is 2. The van der Waals surface area contributed by atoms with Gasteiger partial charge in [-0.25, -0.2) is 4.98 Å². The average molecular weight is 304 g/mol. The second-order valence-electron chi connectivity index (χ2n) is 4.54. The van der Waals surface area contributed by atoms with Gasteiger partial charge in [0.25, 0.3) is 10.0 Å². The summed E-state index contributed by atoms with van der Waals surface area (Å²) in [7, 11) is -2.24. The number of aromatic nitrogens is 2. The summed E-state index contributed by atoms with van der Waals surface area (Å²) >= 11 is 0. The number of nitriles is 1. The number of anilines is 1. The Morgan fingerprint density at radius 2 is 1.95 bits per heavy atom. The maximum Gasteiger partial charge on any atom is 0.283 e. The van der Waals surface area contributed by atoms with Crippen molar-refractivity contribution in [2.75, 3.05) is 11.4 Å². The Hall–Kier alpha value is -2.33. The molecule has 0 bridgehead atoms. The summed E-state index contributed by atoms with van der Waals surface area (Å²) in [6, 6.07) is 8.35. The summed E-state index contributed by atoms with van der Waals surface area (Å²) in [5, 5.41) is 8.79. The molecule has 1 aromatic heterocycles. The van der Waals surface area contributed by atoms with Crippen LogP contribution in [0.3, 0.4) is 0 Å².